The number of hydrogen-bond acceptors (Lipinski definition) is 2. The number of halogens is 1. The summed E-state index contributed by atoms with van der Waals surface area (Å²) in [5.41, 5.74) is 1.57. The Hall–Kier alpha value is 0.140. The second-order valence-corrected chi connectivity index (χ2v) is 5.87. The van der Waals surface area contributed by atoms with E-state index >= 15 is 0 Å². The lowest BCUT2D eigenvalue weighted by Crippen LogP contribution is -2.18. The van der Waals surface area contributed by atoms with Crippen molar-refractivity contribution >= 4 is 27.3 Å². The van der Waals surface area contributed by atoms with Crippen LogP contribution in [0.3, 0.4) is 0 Å². The lowest BCUT2D eigenvalue weighted by molar-refractivity contribution is 0.643. The molecule has 1 aromatic rings. The summed E-state index contributed by atoms with van der Waals surface area (Å²) in [5.74, 6) is 0.651. The van der Waals surface area contributed by atoms with E-state index in [9.17, 15) is 0 Å². The zero-order valence-electron chi connectivity index (χ0n) is 8.69. The van der Waals surface area contributed by atoms with Gasteiger partial charge in [-0.15, -0.1) is 11.3 Å². The number of hydrogen-bond donors (Lipinski definition) is 1. The van der Waals surface area contributed by atoms with Crippen LogP contribution in [0.5, 0.6) is 0 Å². The predicted octanol–water partition coefficient (Wildman–Crippen LogP) is 3.32. The summed E-state index contributed by atoms with van der Waals surface area (Å²) in [6.07, 6.45) is 2.35. The summed E-state index contributed by atoms with van der Waals surface area (Å²) in [5, 5.41) is 3.48. The Morgan fingerprint density at radius 2 is 2.36 bits per heavy atom. The van der Waals surface area contributed by atoms with Gasteiger partial charge in [-0.1, -0.05) is 13.8 Å². The third-order valence-corrected chi connectivity index (χ3v) is 5.40. The highest BCUT2D eigenvalue weighted by atomic mass is 79.9. The average molecular weight is 274 g/mol. The summed E-state index contributed by atoms with van der Waals surface area (Å²) in [7, 11) is 0. The van der Waals surface area contributed by atoms with Crippen molar-refractivity contribution in [2.24, 2.45) is 0 Å². The molecule has 3 heteroatoms. The molecule has 1 aliphatic heterocycles. The van der Waals surface area contributed by atoms with Gasteiger partial charge in [-0.05, 0) is 46.8 Å². The fourth-order valence-electron chi connectivity index (χ4n) is 2.05. The molecule has 0 saturated heterocycles. The van der Waals surface area contributed by atoms with Crippen LogP contribution in [0, 0.1) is 0 Å². The maximum Gasteiger partial charge on any atom is 0.0352 e. The number of fused-ring (bicyclic) bond motifs is 1. The molecule has 1 aromatic heterocycles. The van der Waals surface area contributed by atoms with E-state index in [0.717, 1.165) is 19.5 Å². The molecule has 0 saturated carbocycles. The van der Waals surface area contributed by atoms with E-state index in [1.165, 1.54) is 15.8 Å². The predicted molar refractivity (Wildman–Crippen MR) is 66.4 cm³/mol. The van der Waals surface area contributed by atoms with Crippen LogP contribution in [-0.4, -0.2) is 13.1 Å². The first-order valence-corrected chi connectivity index (χ1v) is 6.85. The maximum atomic E-state index is 3.75. The molecule has 14 heavy (non-hydrogen) atoms. The van der Waals surface area contributed by atoms with Crippen LogP contribution in [0.2, 0.25) is 0 Å². The first-order valence-electron chi connectivity index (χ1n) is 5.24. The second kappa shape index (κ2) is 4.33. The Morgan fingerprint density at radius 3 is 3.07 bits per heavy atom. The van der Waals surface area contributed by atoms with Gasteiger partial charge in [0.2, 0.25) is 0 Å². The molecule has 0 aromatic carbocycles. The van der Waals surface area contributed by atoms with Gasteiger partial charge in [-0.25, -0.2) is 0 Å². The van der Waals surface area contributed by atoms with Crippen molar-refractivity contribution in [3.63, 3.8) is 0 Å². The monoisotopic (exact) mass is 273 g/mol. The second-order valence-electron chi connectivity index (χ2n) is 3.88. The topological polar surface area (TPSA) is 12.0 Å². The Kier molecular flexibility index (Phi) is 3.30. The summed E-state index contributed by atoms with van der Waals surface area (Å²) in [4.78, 5) is 3.11. The molecule has 1 unspecified atom stereocenters. The van der Waals surface area contributed by atoms with Crippen molar-refractivity contribution < 1.29 is 0 Å². The standard InChI is InChI=1S/C11H16BrNS/c1-3-8-11(12)10-7(2)6-13-5-4-9(10)14-8/h7,13H,3-6H2,1-2H3. The van der Waals surface area contributed by atoms with Crippen LogP contribution >= 0.6 is 27.3 Å². The van der Waals surface area contributed by atoms with Gasteiger partial charge in [-0.2, -0.15) is 0 Å². The molecule has 1 N–H and O–H groups in total. The first kappa shape index (κ1) is 10.7. The third kappa shape index (κ3) is 1.77. The number of aryl methyl sites for hydroxylation is 1. The Morgan fingerprint density at radius 1 is 1.57 bits per heavy atom. The van der Waals surface area contributed by atoms with E-state index in [0.29, 0.717) is 5.92 Å². The lowest BCUT2D eigenvalue weighted by atomic mass is 10.0. The van der Waals surface area contributed by atoms with Crippen molar-refractivity contribution in [3.05, 3.63) is 19.8 Å². The van der Waals surface area contributed by atoms with Gasteiger partial charge in [-0.3, -0.25) is 0 Å². The van der Waals surface area contributed by atoms with Gasteiger partial charge < -0.3 is 5.32 Å². The van der Waals surface area contributed by atoms with Crippen molar-refractivity contribution in [3.8, 4) is 0 Å². The normalized spacial score (nSPS) is 21.8. The van der Waals surface area contributed by atoms with Crippen LogP contribution in [0.1, 0.15) is 35.1 Å². The fourth-order valence-corrected chi connectivity index (χ4v) is 4.59. The van der Waals surface area contributed by atoms with Crippen molar-refractivity contribution in [1.82, 2.24) is 5.32 Å². The smallest absolute Gasteiger partial charge is 0.0352 e. The van der Waals surface area contributed by atoms with Crippen LogP contribution in [0.25, 0.3) is 0 Å². The van der Waals surface area contributed by atoms with E-state index in [-0.39, 0.29) is 0 Å². The van der Waals surface area contributed by atoms with Crippen molar-refractivity contribution in [2.75, 3.05) is 13.1 Å². The highest BCUT2D eigenvalue weighted by Crippen LogP contribution is 2.39. The Labute approximate surface area is 98.0 Å². The molecule has 78 valence electrons. The van der Waals surface area contributed by atoms with Gasteiger partial charge in [0, 0.05) is 20.8 Å². The molecule has 1 atom stereocenters. The average Bonchev–Trinajstić information content (AvgIpc) is 2.37. The zero-order chi connectivity index (χ0) is 10.1. The molecule has 0 fully saturated rings. The summed E-state index contributed by atoms with van der Waals surface area (Å²) in [6.45, 7) is 6.80. The molecule has 0 bridgehead atoms. The number of thiophene rings is 1. The van der Waals surface area contributed by atoms with E-state index < -0.39 is 0 Å². The number of rotatable bonds is 1. The van der Waals surface area contributed by atoms with E-state index in [4.69, 9.17) is 0 Å². The maximum absolute atomic E-state index is 3.75. The largest absolute Gasteiger partial charge is 0.316 e. The lowest BCUT2D eigenvalue weighted by Gasteiger charge is -2.09. The quantitative estimate of drug-likeness (QED) is 0.828. The molecule has 0 radical (unpaired) electrons. The van der Waals surface area contributed by atoms with Crippen LogP contribution < -0.4 is 5.32 Å². The van der Waals surface area contributed by atoms with Gasteiger partial charge in [0.05, 0.1) is 0 Å². The first-order chi connectivity index (χ1) is 6.74. The molecule has 0 amide bonds. The van der Waals surface area contributed by atoms with Gasteiger partial charge in [0.15, 0.2) is 0 Å². The molecule has 1 nitrogen and oxygen atoms in total. The zero-order valence-corrected chi connectivity index (χ0v) is 11.1. The Bertz CT molecular complexity index is 332. The minimum atomic E-state index is 0.651. The van der Waals surface area contributed by atoms with Crippen LogP contribution in [-0.2, 0) is 12.8 Å². The van der Waals surface area contributed by atoms with Gasteiger partial charge in [0.1, 0.15) is 0 Å². The summed E-state index contributed by atoms with van der Waals surface area (Å²) in [6, 6.07) is 0. The van der Waals surface area contributed by atoms with E-state index in [1.807, 2.05) is 11.3 Å². The minimum absolute atomic E-state index is 0.651. The van der Waals surface area contributed by atoms with E-state index in [1.54, 1.807) is 10.4 Å². The SMILES string of the molecule is CCc1sc2c(c1Br)C(C)CNCC2. The fraction of sp³-hybridized carbons (Fsp3) is 0.636. The highest BCUT2D eigenvalue weighted by Gasteiger charge is 2.21. The van der Waals surface area contributed by atoms with Crippen molar-refractivity contribution in [1.29, 1.82) is 0 Å². The molecule has 1 aliphatic rings. The van der Waals surface area contributed by atoms with Gasteiger partial charge in [0.25, 0.3) is 0 Å². The highest BCUT2D eigenvalue weighted by molar-refractivity contribution is 9.10. The summed E-state index contributed by atoms with van der Waals surface area (Å²) < 4.78 is 1.39. The van der Waals surface area contributed by atoms with Gasteiger partial charge >= 0.3 is 0 Å². The molecule has 2 rings (SSSR count). The Balaban J connectivity index is 2.45. The van der Waals surface area contributed by atoms with Crippen molar-refractivity contribution in [2.45, 2.75) is 32.6 Å². The van der Waals surface area contributed by atoms with Crippen LogP contribution in [0.4, 0.5) is 0 Å². The van der Waals surface area contributed by atoms with Crippen LogP contribution in [0.15, 0.2) is 4.47 Å². The molecule has 0 spiro atoms. The number of nitrogens with one attached hydrogen (secondary N) is 1. The molecule has 2 heterocycles. The minimum Gasteiger partial charge on any atom is -0.316 e. The third-order valence-electron chi connectivity index (χ3n) is 2.82. The molecular weight excluding hydrogens is 258 g/mol. The van der Waals surface area contributed by atoms with E-state index in [2.05, 4.69) is 35.1 Å². The molecule has 0 aliphatic carbocycles. The molecular formula is C11H16BrNS. The summed E-state index contributed by atoms with van der Waals surface area (Å²) >= 11 is 5.75.